The van der Waals surface area contributed by atoms with Gasteiger partial charge in [-0.15, -0.1) is 0 Å². The number of nitrogens with one attached hydrogen (secondary N) is 2. The molecule has 0 aromatic heterocycles. The zero-order valence-electron chi connectivity index (χ0n) is 13.0. The highest BCUT2D eigenvalue weighted by molar-refractivity contribution is 5.97. The maximum Gasteiger partial charge on any atom is 0.246 e. The molecule has 0 bridgehead atoms. The minimum Gasteiger partial charge on any atom is -0.371 e. The van der Waals surface area contributed by atoms with Crippen LogP contribution in [0.5, 0.6) is 0 Å². The summed E-state index contributed by atoms with van der Waals surface area (Å²) in [5.74, 6) is -0.445. The number of carbonyl (C=O) groups excluding carboxylic acids is 2. The SMILES string of the molecule is CC(NC(=O)CCN)C(=O)Nc1cccc(N2CCCC2)c1. The maximum absolute atomic E-state index is 12.1. The van der Waals surface area contributed by atoms with Crippen LogP contribution in [0.2, 0.25) is 0 Å². The second kappa shape index (κ2) is 7.79. The Morgan fingerprint density at radius 2 is 2.05 bits per heavy atom. The molecular weight excluding hydrogens is 280 g/mol. The minimum atomic E-state index is -0.588. The standard InChI is InChI=1S/C16H24N4O2/c1-12(18-15(21)7-8-17)16(22)19-13-5-4-6-14(11-13)20-9-2-3-10-20/h4-6,11-12H,2-3,7-10,17H2,1H3,(H,18,21)(H,19,22). The Labute approximate surface area is 131 Å². The molecule has 6 heteroatoms. The van der Waals surface area contributed by atoms with Gasteiger partial charge in [0.2, 0.25) is 11.8 Å². The molecule has 1 heterocycles. The van der Waals surface area contributed by atoms with Crippen LogP contribution in [-0.4, -0.2) is 37.5 Å². The van der Waals surface area contributed by atoms with Crippen molar-refractivity contribution in [3.8, 4) is 0 Å². The Morgan fingerprint density at radius 3 is 2.73 bits per heavy atom. The molecule has 1 aliphatic heterocycles. The molecule has 1 aromatic rings. The largest absolute Gasteiger partial charge is 0.371 e. The third-order valence-electron chi connectivity index (χ3n) is 3.73. The van der Waals surface area contributed by atoms with Crippen molar-refractivity contribution in [2.45, 2.75) is 32.2 Å². The summed E-state index contributed by atoms with van der Waals surface area (Å²) in [6, 6.07) is 7.22. The van der Waals surface area contributed by atoms with Crippen LogP contribution in [0, 0.1) is 0 Å². The summed E-state index contributed by atoms with van der Waals surface area (Å²) in [5.41, 5.74) is 7.18. The van der Waals surface area contributed by atoms with Crippen molar-refractivity contribution in [2.75, 3.05) is 29.9 Å². The van der Waals surface area contributed by atoms with Gasteiger partial charge in [0.1, 0.15) is 6.04 Å². The van der Waals surface area contributed by atoms with Gasteiger partial charge >= 0.3 is 0 Å². The molecule has 1 aliphatic rings. The molecule has 2 rings (SSSR count). The quantitative estimate of drug-likeness (QED) is 0.734. The molecular formula is C16H24N4O2. The van der Waals surface area contributed by atoms with E-state index in [0.717, 1.165) is 24.5 Å². The van der Waals surface area contributed by atoms with E-state index >= 15 is 0 Å². The molecule has 1 fully saturated rings. The molecule has 22 heavy (non-hydrogen) atoms. The normalized spacial score (nSPS) is 15.5. The van der Waals surface area contributed by atoms with E-state index in [4.69, 9.17) is 5.73 Å². The summed E-state index contributed by atoms with van der Waals surface area (Å²) < 4.78 is 0. The van der Waals surface area contributed by atoms with Gasteiger partial charge < -0.3 is 21.3 Å². The number of rotatable bonds is 6. The van der Waals surface area contributed by atoms with E-state index in [1.807, 2.05) is 24.3 Å². The van der Waals surface area contributed by atoms with Crippen molar-refractivity contribution in [1.29, 1.82) is 0 Å². The van der Waals surface area contributed by atoms with Crippen molar-refractivity contribution >= 4 is 23.2 Å². The van der Waals surface area contributed by atoms with E-state index in [0.29, 0.717) is 0 Å². The van der Waals surface area contributed by atoms with E-state index in [1.165, 1.54) is 12.8 Å². The fraction of sp³-hybridized carbons (Fsp3) is 0.500. The molecule has 0 radical (unpaired) electrons. The third kappa shape index (κ3) is 4.46. The summed E-state index contributed by atoms with van der Waals surface area (Å²) >= 11 is 0. The molecule has 1 atom stereocenters. The number of hydrogen-bond donors (Lipinski definition) is 3. The predicted octanol–water partition coefficient (Wildman–Crippen LogP) is 1.08. The van der Waals surface area contributed by atoms with Crippen LogP contribution in [-0.2, 0) is 9.59 Å². The third-order valence-corrected chi connectivity index (χ3v) is 3.73. The smallest absolute Gasteiger partial charge is 0.246 e. The van der Waals surface area contributed by atoms with Gasteiger partial charge in [0.05, 0.1) is 0 Å². The van der Waals surface area contributed by atoms with Crippen molar-refractivity contribution < 1.29 is 9.59 Å². The Hall–Kier alpha value is -2.08. The van der Waals surface area contributed by atoms with E-state index < -0.39 is 6.04 Å². The molecule has 2 amide bonds. The molecule has 1 unspecified atom stereocenters. The molecule has 1 aromatic carbocycles. The Morgan fingerprint density at radius 1 is 1.32 bits per heavy atom. The Balaban J connectivity index is 1.93. The average Bonchev–Trinajstić information content (AvgIpc) is 3.02. The van der Waals surface area contributed by atoms with E-state index in [9.17, 15) is 9.59 Å². The maximum atomic E-state index is 12.1. The Bertz CT molecular complexity index is 527. The number of hydrogen-bond acceptors (Lipinski definition) is 4. The van der Waals surface area contributed by atoms with E-state index in [1.54, 1.807) is 6.92 Å². The summed E-state index contributed by atoms with van der Waals surface area (Å²) in [7, 11) is 0. The lowest BCUT2D eigenvalue weighted by Gasteiger charge is -2.19. The zero-order valence-corrected chi connectivity index (χ0v) is 13.0. The molecule has 6 nitrogen and oxygen atoms in total. The van der Waals surface area contributed by atoms with Crippen LogP contribution in [0.4, 0.5) is 11.4 Å². The second-order valence-electron chi connectivity index (χ2n) is 5.56. The first-order valence-electron chi connectivity index (χ1n) is 7.75. The molecule has 120 valence electrons. The van der Waals surface area contributed by atoms with Crippen LogP contribution in [0.25, 0.3) is 0 Å². The predicted molar refractivity (Wildman–Crippen MR) is 87.8 cm³/mol. The monoisotopic (exact) mass is 304 g/mol. The van der Waals surface area contributed by atoms with Gasteiger partial charge in [-0.3, -0.25) is 9.59 Å². The number of anilines is 2. The van der Waals surface area contributed by atoms with E-state index in [2.05, 4.69) is 15.5 Å². The van der Waals surface area contributed by atoms with E-state index in [-0.39, 0.29) is 24.8 Å². The second-order valence-corrected chi connectivity index (χ2v) is 5.56. The number of amides is 2. The highest BCUT2D eigenvalue weighted by atomic mass is 16.2. The van der Waals surface area contributed by atoms with Gasteiger partial charge in [0.15, 0.2) is 0 Å². The van der Waals surface area contributed by atoms with Crippen LogP contribution in [0.1, 0.15) is 26.2 Å². The van der Waals surface area contributed by atoms with Crippen molar-refractivity contribution in [2.24, 2.45) is 5.73 Å². The minimum absolute atomic E-state index is 0.212. The van der Waals surface area contributed by atoms with Crippen molar-refractivity contribution in [1.82, 2.24) is 5.32 Å². The highest BCUT2D eigenvalue weighted by Crippen LogP contribution is 2.23. The first-order chi connectivity index (χ1) is 10.6. The van der Waals surface area contributed by atoms with Gasteiger partial charge in [-0.05, 0) is 38.0 Å². The molecule has 0 saturated carbocycles. The average molecular weight is 304 g/mol. The fourth-order valence-corrected chi connectivity index (χ4v) is 2.52. The molecule has 0 spiro atoms. The fourth-order valence-electron chi connectivity index (χ4n) is 2.52. The summed E-state index contributed by atoms with van der Waals surface area (Å²) in [4.78, 5) is 25.9. The van der Waals surface area contributed by atoms with Crippen LogP contribution in [0.15, 0.2) is 24.3 Å². The summed E-state index contributed by atoms with van der Waals surface area (Å²) in [6.07, 6.45) is 2.64. The number of nitrogens with zero attached hydrogens (tertiary/aromatic N) is 1. The van der Waals surface area contributed by atoms with Gasteiger partial charge in [-0.25, -0.2) is 0 Å². The lowest BCUT2D eigenvalue weighted by Crippen LogP contribution is -2.42. The first kappa shape index (κ1) is 16.3. The Kier molecular flexibility index (Phi) is 5.77. The number of nitrogens with two attached hydrogens (primary N) is 1. The van der Waals surface area contributed by atoms with Crippen molar-refractivity contribution in [3.05, 3.63) is 24.3 Å². The summed E-state index contributed by atoms with van der Waals surface area (Å²) in [6.45, 7) is 4.05. The highest BCUT2D eigenvalue weighted by Gasteiger charge is 2.16. The molecule has 4 N–H and O–H groups in total. The molecule has 1 saturated heterocycles. The lowest BCUT2D eigenvalue weighted by atomic mass is 10.2. The zero-order chi connectivity index (χ0) is 15.9. The van der Waals surface area contributed by atoms with Gasteiger partial charge in [-0.2, -0.15) is 0 Å². The van der Waals surface area contributed by atoms with Crippen LogP contribution in [0.3, 0.4) is 0 Å². The van der Waals surface area contributed by atoms with Gasteiger partial charge in [0.25, 0.3) is 0 Å². The number of benzene rings is 1. The molecule has 0 aliphatic carbocycles. The topological polar surface area (TPSA) is 87.5 Å². The van der Waals surface area contributed by atoms with Gasteiger partial charge in [-0.1, -0.05) is 6.07 Å². The first-order valence-corrected chi connectivity index (χ1v) is 7.75. The van der Waals surface area contributed by atoms with Crippen molar-refractivity contribution in [3.63, 3.8) is 0 Å². The number of carbonyl (C=O) groups is 2. The van der Waals surface area contributed by atoms with Crippen LogP contribution < -0.4 is 21.3 Å². The lowest BCUT2D eigenvalue weighted by molar-refractivity contribution is -0.126. The van der Waals surface area contributed by atoms with Gasteiger partial charge in [0, 0.05) is 37.4 Å². The van der Waals surface area contributed by atoms with Crippen LogP contribution >= 0.6 is 0 Å². The summed E-state index contributed by atoms with van der Waals surface area (Å²) in [5, 5.41) is 5.47.